The Morgan fingerprint density at radius 3 is 2.68 bits per heavy atom. The van der Waals surface area contributed by atoms with Crippen LogP contribution < -0.4 is 5.32 Å². The first-order chi connectivity index (χ1) is 9.08. The zero-order valence-corrected chi connectivity index (χ0v) is 13.1. The van der Waals surface area contributed by atoms with Gasteiger partial charge in [-0.25, -0.2) is 0 Å². The molecule has 1 heterocycles. The number of hydrogen-bond donors (Lipinski definition) is 1. The first kappa shape index (κ1) is 14.1. The predicted molar refractivity (Wildman–Crippen MR) is 79.3 cm³/mol. The molecular weight excluding hydrogens is 326 g/mol. The van der Waals surface area contributed by atoms with Crippen LogP contribution in [-0.4, -0.2) is 15.5 Å². The highest BCUT2D eigenvalue weighted by Crippen LogP contribution is 2.19. The van der Waals surface area contributed by atoms with Crippen molar-refractivity contribution < 1.29 is 4.79 Å². The lowest BCUT2D eigenvalue weighted by molar-refractivity contribution is 0.0953. The van der Waals surface area contributed by atoms with Crippen LogP contribution in [0.4, 0.5) is 0 Å². The smallest absolute Gasteiger partial charge is 0.265 e. The minimum absolute atomic E-state index is 0.110. The highest BCUT2D eigenvalue weighted by molar-refractivity contribution is 9.10. The third-order valence-electron chi connectivity index (χ3n) is 2.63. The molecule has 4 nitrogen and oxygen atoms in total. The highest BCUT2D eigenvalue weighted by Gasteiger charge is 2.18. The average Bonchev–Trinajstić information content (AvgIpc) is 2.87. The van der Waals surface area contributed by atoms with E-state index in [1.165, 1.54) is 0 Å². The van der Waals surface area contributed by atoms with Gasteiger partial charge >= 0.3 is 0 Å². The van der Waals surface area contributed by atoms with E-state index < -0.39 is 0 Å². The monoisotopic (exact) mass is 339 g/mol. The minimum Gasteiger partial charge on any atom is -0.347 e. The molecule has 6 heteroatoms. The van der Waals surface area contributed by atoms with E-state index in [1.54, 1.807) is 0 Å². The highest BCUT2D eigenvalue weighted by atomic mass is 79.9. The molecule has 0 saturated carbocycles. The van der Waals surface area contributed by atoms with Crippen molar-refractivity contribution in [3.8, 4) is 0 Å². The Balaban J connectivity index is 2.01. The van der Waals surface area contributed by atoms with Gasteiger partial charge < -0.3 is 5.32 Å². The molecule has 0 radical (unpaired) electrons. The van der Waals surface area contributed by atoms with Crippen LogP contribution in [-0.2, 0) is 6.54 Å². The van der Waals surface area contributed by atoms with Crippen molar-refractivity contribution in [1.82, 2.24) is 14.9 Å². The van der Waals surface area contributed by atoms with Crippen LogP contribution in [0.2, 0.25) is 0 Å². The quantitative estimate of drug-likeness (QED) is 0.929. The van der Waals surface area contributed by atoms with E-state index in [2.05, 4.69) is 30.8 Å². The third-order valence-corrected chi connectivity index (χ3v) is 3.90. The third kappa shape index (κ3) is 3.61. The van der Waals surface area contributed by atoms with Crippen LogP contribution in [0.15, 0.2) is 28.7 Å². The summed E-state index contributed by atoms with van der Waals surface area (Å²) < 4.78 is 4.88. The molecule has 19 heavy (non-hydrogen) atoms. The van der Waals surface area contributed by atoms with Gasteiger partial charge in [-0.3, -0.25) is 4.79 Å². The van der Waals surface area contributed by atoms with Gasteiger partial charge in [-0.15, -0.1) is 5.10 Å². The molecule has 0 aliphatic rings. The van der Waals surface area contributed by atoms with E-state index >= 15 is 0 Å². The van der Waals surface area contributed by atoms with Gasteiger partial charge in [-0.2, -0.15) is 0 Å². The zero-order chi connectivity index (χ0) is 13.8. The normalized spacial score (nSPS) is 10.7. The predicted octanol–water partition coefficient (Wildman–Crippen LogP) is 3.35. The molecule has 2 rings (SSSR count). The van der Waals surface area contributed by atoms with Crippen molar-refractivity contribution in [3.05, 3.63) is 44.9 Å². The fraction of sp³-hybridized carbons (Fsp3) is 0.308. The molecule has 1 aromatic heterocycles. The molecule has 0 saturated heterocycles. The maximum Gasteiger partial charge on any atom is 0.265 e. The van der Waals surface area contributed by atoms with E-state index in [1.807, 2.05) is 38.1 Å². The van der Waals surface area contributed by atoms with Crippen LogP contribution in [0.25, 0.3) is 0 Å². The SMILES string of the molecule is CC(C)c1nnsc1C(=O)NCc1ccc(Br)cc1. The van der Waals surface area contributed by atoms with Crippen LogP contribution in [0.5, 0.6) is 0 Å². The van der Waals surface area contributed by atoms with E-state index in [0.29, 0.717) is 11.4 Å². The van der Waals surface area contributed by atoms with Gasteiger partial charge in [0, 0.05) is 11.0 Å². The Morgan fingerprint density at radius 2 is 2.05 bits per heavy atom. The van der Waals surface area contributed by atoms with Gasteiger partial charge in [0.2, 0.25) is 0 Å². The van der Waals surface area contributed by atoms with E-state index in [9.17, 15) is 4.79 Å². The molecule has 0 spiro atoms. The summed E-state index contributed by atoms with van der Waals surface area (Å²) in [5, 5.41) is 6.90. The number of carbonyl (C=O) groups excluding carboxylic acids is 1. The van der Waals surface area contributed by atoms with Crippen molar-refractivity contribution in [3.63, 3.8) is 0 Å². The number of halogens is 1. The second kappa shape index (κ2) is 6.25. The molecular formula is C13H14BrN3OS. The summed E-state index contributed by atoms with van der Waals surface area (Å²) in [7, 11) is 0. The first-order valence-corrected chi connectivity index (χ1v) is 7.49. The second-order valence-electron chi connectivity index (χ2n) is 4.45. The molecule has 1 aromatic carbocycles. The molecule has 0 aliphatic heterocycles. The number of hydrogen-bond acceptors (Lipinski definition) is 4. The Morgan fingerprint density at radius 1 is 1.37 bits per heavy atom. The van der Waals surface area contributed by atoms with Gasteiger partial charge in [0.05, 0.1) is 5.69 Å². The van der Waals surface area contributed by atoms with Crippen LogP contribution in [0.3, 0.4) is 0 Å². The lowest BCUT2D eigenvalue weighted by atomic mass is 10.1. The number of benzene rings is 1. The molecule has 0 unspecified atom stereocenters. The molecule has 0 atom stereocenters. The topological polar surface area (TPSA) is 54.9 Å². The fourth-order valence-electron chi connectivity index (χ4n) is 1.60. The number of aromatic nitrogens is 2. The summed E-state index contributed by atoms with van der Waals surface area (Å²) in [5.74, 6) is 0.0915. The maximum atomic E-state index is 12.1. The number of nitrogens with one attached hydrogen (secondary N) is 1. The summed E-state index contributed by atoms with van der Waals surface area (Å²) in [6.45, 7) is 4.51. The summed E-state index contributed by atoms with van der Waals surface area (Å²) in [5.41, 5.74) is 1.82. The van der Waals surface area contributed by atoms with Crippen LogP contribution in [0, 0.1) is 0 Å². The summed E-state index contributed by atoms with van der Waals surface area (Å²) in [4.78, 5) is 12.7. The van der Waals surface area contributed by atoms with Crippen molar-refractivity contribution in [2.75, 3.05) is 0 Å². The van der Waals surface area contributed by atoms with Crippen LogP contribution >= 0.6 is 27.5 Å². The van der Waals surface area contributed by atoms with E-state index in [4.69, 9.17) is 0 Å². The number of carbonyl (C=O) groups is 1. The fourth-order valence-corrected chi connectivity index (χ4v) is 2.60. The Kier molecular flexibility index (Phi) is 4.66. The van der Waals surface area contributed by atoms with E-state index in [0.717, 1.165) is 27.3 Å². The Hall–Kier alpha value is -1.27. The molecule has 0 fully saturated rings. The number of rotatable bonds is 4. The molecule has 0 bridgehead atoms. The largest absolute Gasteiger partial charge is 0.347 e. The second-order valence-corrected chi connectivity index (χ2v) is 6.12. The van der Waals surface area contributed by atoms with Gasteiger partial charge in [0.1, 0.15) is 4.88 Å². The summed E-state index contributed by atoms with van der Waals surface area (Å²) >= 11 is 4.52. The zero-order valence-electron chi connectivity index (χ0n) is 10.7. The van der Waals surface area contributed by atoms with Gasteiger partial charge in [-0.1, -0.05) is 46.4 Å². The molecule has 1 N–H and O–H groups in total. The Bertz CT molecular complexity index is 566. The Labute approximate surface area is 124 Å². The molecule has 100 valence electrons. The van der Waals surface area contributed by atoms with Gasteiger partial charge in [0.15, 0.2) is 0 Å². The first-order valence-electron chi connectivity index (χ1n) is 5.93. The standard InChI is InChI=1S/C13H14BrN3OS/c1-8(2)11-12(19-17-16-11)13(18)15-7-9-3-5-10(14)6-4-9/h3-6,8H,7H2,1-2H3,(H,15,18). The lowest BCUT2D eigenvalue weighted by Crippen LogP contribution is -2.23. The van der Waals surface area contributed by atoms with Gasteiger partial charge in [0.25, 0.3) is 5.91 Å². The molecule has 0 aliphatic carbocycles. The van der Waals surface area contributed by atoms with Crippen molar-refractivity contribution in [2.45, 2.75) is 26.3 Å². The van der Waals surface area contributed by atoms with Crippen molar-refractivity contribution in [1.29, 1.82) is 0 Å². The van der Waals surface area contributed by atoms with Gasteiger partial charge in [-0.05, 0) is 35.1 Å². The minimum atomic E-state index is -0.110. The number of nitrogens with zero attached hydrogens (tertiary/aromatic N) is 2. The number of amides is 1. The van der Waals surface area contributed by atoms with Crippen LogP contribution in [0.1, 0.15) is 40.7 Å². The molecule has 2 aromatic rings. The average molecular weight is 340 g/mol. The maximum absolute atomic E-state index is 12.1. The summed E-state index contributed by atoms with van der Waals surface area (Å²) in [6, 6.07) is 7.85. The van der Waals surface area contributed by atoms with E-state index in [-0.39, 0.29) is 11.8 Å². The van der Waals surface area contributed by atoms with Crippen molar-refractivity contribution in [2.24, 2.45) is 0 Å². The molecule has 1 amide bonds. The summed E-state index contributed by atoms with van der Waals surface area (Å²) in [6.07, 6.45) is 0. The van der Waals surface area contributed by atoms with Crippen molar-refractivity contribution >= 4 is 33.4 Å². The lowest BCUT2D eigenvalue weighted by Gasteiger charge is -2.06.